The van der Waals surface area contributed by atoms with Crippen molar-refractivity contribution < 1.29 is 18.3 Å². The molecule has 1 aromatic rings. The summed E-state index contributed by atoms with van der Waals surface area (Å²) in [7, 11) is -3.85. The molecule has 0 aliphatic rings. The van der Waals surface area contributed by atoms with Crippen molar-refractivity contribution in [2.75, 3.05) is 6.54 Å². The molecule has 0 aliphatic carbocycles. The minimum Gasteiger partial charge on any atom is -0.478 e. The van der Waals surface area contributed by atoms with Gasteiger partial charge in [0.05, 0.1) is 15.5 Å². The fourth-order valence-electron chi connectivity index (χ4n) is 1.81. The molecule has 0 radical (unpaired) electrons. The van der Waals surface area contributed by atoms with E-state index in [1.54, 1.807) is 20.8 Å². The molecule has 0 saturated heterocycles. The third kappa shape index (κ3) is 3.84. The lowest BCUT2D eigenvalue weighted by Gasteiger charge is -2.33. The summed E-state index contributed by atoms with van der Waals surface area (Å²) >= 11 is 5.77. The molecule has 5 nitrogen and oxygen atoms in total. The molecule has 0 fully saturated rings. The number of sulfonamides is 1. The Morgan fingerprint density at radius 1 is 1.43 bits per heavy atom. The number of aromatic carboxylic acids is 1. The Hall–Kier alpha value is -1.37. The van der Waals surface area contributed by atoms with E-state index in [1.807, 2.05) is 0 Å². The van der Waals surface area contributed by atoms with E-state index in [0.29, 0.717) is 0 Å². The van der Waals surface area contributed by atoms with Crippen LogP contribution in [0.2, 0.25) is 5.02 Å². The molecular formula is C14H18ClNO4S. The molecule has 0 aliphatic heterocycles. The zero-order chi connectivity index (χ0) is 16.4. The van der Waals surface area contributed by atoms with Crippen molar-refractivity contribution in [3.8, 4) is 0 Å². The molecule has 0 unspecified atom stereocenters. The van der Waals surface area contributed by atoms with Crippen LogP contribution in [0.1, 0.15) is 31.1 Å². The van der Waals surface area contributed by atoms with Crippen molar-refractivity contribution >= 4 is 27.6 Å². The van der Waals surface area contributed by atoms with Crippen LogP contribution < -0.4 is 0 Å². The van der Waals surface area contributed by atoms with Crippen LogP contribution in [0.4, 0.5) is 0 Å². The SMILES string of the molecule is C=CCN(C(C)(C)C)S(=O)(=O)c1ccc(Cl)c(C(=O)O)c1. The maximum absolute atomic E-state index is 12.7. The van der Waals surface area contributed by atoms with Crippen LogP contribution in [-0.4, -0.2) is 35.9 Å². The van der Waals surface area contributed by atoms with Gasteiger partial charge in [0.2, 0.25) is 10.0 Å². The summed E-state index contributed by atoms with van der Waals surface area (Å²) < 4.78 is 26.6. The highest BCUT2D eigenvalue weighted by atomic mass is 35.5. The number of carboxylic acid groups (broad SMARTS) is 1. The summed E-state index contributed by atoms with van der Waals surface area (Å²) in [6.07, 6.45) is 1.48. The Bertz CT molecular complexity index is 662. The second kappa shape index (κ2) is 6.17. The van der Waals surface area contributed by atoms with Crippen LogP contribution in [0, 0.1) is 0 Å². The van der Waals surface area contributed by atoms with Crippen LogP contribution in [0.15, 0.2) is 35.7 Å². The van der Waals surface area contributed by atoms with Crippen molar-refractivity contribution in [1.29, 1.82) is 0 Å². The average molecular weight is 332 g/mol. The summed E-state index contributed by atoms with van der Waals surface area (Å²) in [5.41, 5.74) is -0.916. The molecule has 7 heteroatoms. The first-order chi connectivity index (χ1) is 9.51. The Kier molecular flexibility index (Phi) is 5.20. The van der Waals surface area contributed by atoms with Crippen LogP contribution in [-0.2, 0) is 10.0 Å². The van der Waals surface area contributed by atoms with E-state index in [0.717, 1.165) is 6.07 Å². The van der Waals surface area contributed by atoms with Crippen LogP contribution >= 0.6 is 11.6 Å². The van der Waals surface area contributed by atoms with Gasteiger partial charge in [0, 0.05) is 12.1 Å². The summed E-state index contributed by atoms with van der Waals surface area (Å²) in [6, 6.07) is 3.64. The van der Waals surface area contributed by atoms with E-state index in [-0.39, 0.29) is 22.0 Å². The molecule has 0 heterocycles. The van der Waals surface area contributed by atoms with Gasteiger partial charge >= 0.3 is 5.97 Å². The van der Waals surface area contributed by atoms with E-state index in [4.69, 9.17) is 16.7 Å². The molecule has 21 heavy (non-hydrogen) atoms. The number of benzene rings is 1. The molecular weight excluding hydrogens is 314 g/mol. The largest absolute Gasteiger partial charge is 0.478 e. The second-order valence-corrected chi connectivity index (χ2v) is 7.71. The van der Waals surface area contributed by atoms with Gasteiger partial charge < -0.3 is 5.11 Å². The summed E-state index contributed by atoms with van der Waals surface area (Å²) in [6.45, 7) is 8.94. The van der Waals surface area contributed by atoms with Gasteiger partial charge in [-0.25, -0.2) is 13.2 Å². The number of rotatable bonds is 5. The Balaban J connectivity index is 3.45. The van der Waals surface area contributed by atoms with Gasteiger partial charge in [0.15, 0.2) is 0 Å². The van der Waals surface area contributed by atoms with Gasteiger partial charge in [0.1, 0.15) is 0 Å². The molecule has 1 N–H and O–H groups in total. The van der Waals surface area contributed by atoms with E-state index in [2.05, 4.69) is 6.58 Å². The monoisotopic (exact) mass is 331 g/mol. The highest BCUT2D eigenvalue weighted by molar-refractivity contribution is 7.89. The van der Waals surface area contributed by atoms with Gasteiger partial charge in [-0.05, 0) is 39.0 Å². The van der Waals surface area contributed by atoms with E-state index < -0.39 is 21.5 Å². The summed E-state index contributed by atoms with van der Waals surface area (Å²) in [5, 5.41) is 9.04. The van der Waals surface area contributed by atoms with Crippen LogP contribution in [0.5, 0.6) is 0 Å². The Morgan fingerprint density at radius 3 is 2.43 bits per heavy atom. The van der Waals surface area contributed by atoms with Crippen molar-refractivity contribution in [2.24, 2.45) is 0 Å². The molecule has 1 rings (SSSR count). The number of hydrogen-bond acceptors (Lipinski definition) is 3. The second-order valence-electron chi connectivity index (χ2n) is 5.44. The van der Waals surface area contributed by atoms with E-state index in [9.17, 15) is 13.2 Å². The topological polar surface area (TPSA) is 74.7 Å². The number of halogens is 1. The molecule has 0 saturated carbocycles. The van der Waals surface area contributed by atoms with Gasteiger partial charge in [-0.15, -0.1) is 6.58 Å². The fourth-order valence-corrected chi connectivity index (χ4v) is 3.79. The molecule has 1 aromatic carbocycles. The minimum atomic E-state index is -3.85. The molecule has 0 aromatic heterocycles. The van der Waals surface area contributed by atoms with Crippen molar-refractivity contribution in [3.05, 3.63) is 41.4 Å². The molecule has 0 spiro atoms. The first-order valence-electron chi connectivity index (χ1n) is 6.18. The molecule has 0 atom stereocenters. The summed E-state index contributed by atoms with van der Waals surface area (Å²) in [5.74, 6) is -1.27. The Labute approximate surface area is 129 Å². The minimum absolute atomic E-state index is 0.00696. The zero-order valence-corrected chi connectivity index (χ0v) is 13.7. The number of carboxylic acids is 1. The summed E-state index contributed by atoms with van der Waals surface area (Å²) in [4.78, 5) is 11.0. The predicted molar refractivity (Wildman–Crippen MR) is 82.3 cm³/mol. The standard InChI is InChI=1S/C14H18ClNO4S/c1-5-8-16(14(2,3)4)21(19,20)10-6-7-12(15)11(9-10)13(17)18/h5-7,9H,1,8H2,2-4H3,(H,17,18). The lowest BCUT2D eigenvalue weighted by Crippen LogP contribution is -2.45. The van der Waals surface area contributed by atoms with E-state index >= 15 is 0 Å². The maximum Gasteiger partial charge on any atom is 0.337 e. The number of nitrogens with zero attached hydrogens (tertiary/aromatic N) is 1. The third-order valence-corrected chi connectivity index (χ3v) is 5.26. The zero-order valence-electron chi connectivity index (χ0n) is 12.1. The van der Waals surface area contributed by atoms with Crippen molar-refractivity contribution in [1.82, 2.24) is 4.31 Å². The van der Waals surface area contributed by atoms with E-state index in [1.165, 1.54) is 22.5 Å². The normalized spacial score (nSPS) is 12.4. The van der Waals surface area contributed by atoms with Gasteiger partial charge in [-0.3, -0.25) is 0 Å². The first kappa shape index (κ1) is 17.7. The molecule has 0 amide bonds. The first-order valence-corrected chi connectivity index (χ1v) is 8.00. The predicted octanol–water partition coefficient (Wildman–Crippen LogP) is 3.01. The third-order valence-electron chi connectivity index (χ3n) is 2.80. The molecule has 0 bridgehead atoms. The number of hydrogen-bond donors (Lipinski definition) is 1. The van der Waals surface area contributed by atoms with Crippen molar-refractivity contribution in [3.63, 3.8) is 0 Å². The fraction of sp³-hybridized carbons (Fsp3) is 0.357. The van der Waals surface area contributed by atoms with Crippen LogP contribution in [0.3, 0.4) is 0 Å². The average Bonchev–Trinajstić information content (AvgIpc) is 2.34. The van der Waals surface area contributed by atoms with Crippen LogP contribution in [0.25, 0.3) is 0 Å². The lowest BCUT2D eigenvalue weighted by atomic mass is 10.1. The lowest BCUT2D eigenvalue weighted by molar-refractivity contribution is 0.0697. The Morgan fingerprint density at radius 2 is 2.00 bits per heavy atom. The highest BCUT2D eigenvalue weighted by Gasteiger charge is 2.33. The number of carbonyl (C=O) groups is 1. The maximum atomic E-state index is 12.7. The molecule has 116 valence electrons. The van der Waals surface area contributed by atoms with Gasteiger partial charge in [0.25, 0.3) is 0 Å². The van der Waals surface area contributed by atoms with Gasteiger partial charge in [-0.1, -0.05) is 17.7 Å². The van der Waals surface area contributed by atoms with Gasteiger partial charge in [-0.2, -0.15) is 4.31 Å². The smallest absolute Gasteiger partial charge is 0.337 e. The van der Waals surface area contributed by atoms with Crippen molar-refractivity contribution in [2.45, 2.75) is 31.2 Å². The highest BCUT2D eigenvalue weighted by Crippen LogP contribution is 2.27. The quantitative estimate of drug-likeness (QED) is 0.841.